The van der Waals surface area contributed by atoms with Gasteiger partial charge in [0.2, 0.25) is 0 Å². The molecule has 1 atom stereocenters. The molecule has 1 aromatic carbocycles. The predicted octanol–water partition coefficient (Wildman–Crippen LogP) is 3.88. The van der Waals surface area contributed by atoms with Crippen LogP contribution < -0.4 is 0 Å². The third kappa shape index (κ3) is 7.79. The van der Waals surface area contributed by atoms with Crippen molar-refractivity contribution in [2.45, 2.75) is 46.2 Å². The largest absolute Gasteiger partial charge is 0.577 e. The predicted molar refractivity (Wildman–Crippen MR) is 95.8 cm³/mol. The molecule has 129 valence electrons. The first-order chi connectivity index (χ1) is 11.2. The van der Waals surface area contributed by atoms with Crippen molar-refractivity contribution in [3.8, 4) is 0 Å². The molecule has 23 heavy (non-hydrogen) atoms. The van der Waals surface area contributed by atoms with Crippen LogP contribution in [0.1, 0.15) is 39.2 Å². The summed E-state index contributed by atoms with van der Waals surface area (Å²) in [6, 6.07) is 10.9. The van der Waals surface area contributed by atoms with Gasteiger partial charge in [-0.2, -0.15) is 0 Å². The molecule has 4 nitrogen and oxygen atoms in total. The van der Waals surface area contributed by atoms with Crippen molar-refractivity contribution in [3.05, 3.63) is 48.7 Å². The van der Waals surface area contributed by atoms with E-state index in [0.717, 1.165) is 19.4 Å². The molecular weight excluding hydrogens is 306 g/mol. The maximum atomic E-state index is 5.80. The minimum atomic E-state index is -1.58. The van der Waals surface area contributed by atoms with Crippen LogP contribution in [0.15, 0.2) is 43.1 Å². The third-order valence-corrected chi connectivity index (χ3v) is 5.07. The Bertz CT molecular complexity index is 410. The fourth-order valence-electron chi connectivity index (χ4n) is 2.38. The van der Waals surface area contributed by atoms with Gasteiger partial charge in [-0.25, -0.2) is 0 Å². The monoisotopic (exact) mass is 336 g/mol. The van der Waals surface area contributed by atoms with Gasteiger partial charge >= 0.3 is 9.53 Å². The van der Waals surface area contributed by atoms with E-state index in [0.29, 0.717) is 25.9 Å². The third-order valence-electron chi connectivity index (χ3n) is 3.58. The zero-order valence-electron chi connectivity index (χ0n) is 14.7. The minimum Gasteiger partial charge on any atom is -0.371 e. The first kappa shape index (κ1) is 19.9. The molecule has 0 amide bonds. The van der Waals surface area contributed by atoms with Crippen molar-refractivity contribution in [3.63, 3.8) is 0 Å². The quantitative estimate of drug-likeness (QED) is 0.512. The maximum Gasteiger partial charge on any atom is 0.577 e. The van der Waals surface area contributed by atoms with Crippen LogP contribution >= 0.6 is 0 Å². The van der Waals surface area contributed by atoms with Gasteiger partial charge in [-0.3, -0.25) is 0 Å². The molecule has 0 bridgehead atoms. The molecule has 5 heteroatoms. The van der Waals surface area contributed by atoms with Gasteiger partial charge in [0.15, 0.2) is 0 Å². The summed E-state index contributed by atoms with van der Waals surface area (Å²) in [5.41, 5.74) is 1.29. The van der Waals surface area contributed by atoms with Crippen LogP contribution in [0.3, 0.4) is 0 Å². The van der Waals surface area contributed by atoms with Crippen LogP contribution in [0.25, 0.3) is 0 Å². The summed E-state index contributed by atoms with van der Waals surface area (Å²) in [6.07, 6.45) is 3.91. The lowest BCUT2D eigenvalue weighted by Crippen LogP contribution is -2.33. The molecule has 0 aliphatic heterocycles. The average molecular weight is 337 g/mol. The lowest BCUT2D eigenvalue weighted by molar-refractivity contribution is 0.0917. The molecule has 1 rings (SSSR count). The number of nitrogens with zero attached hydrogens (tertiary/aromatic N) is 1. The van der Waals surface area contributed by atoms with Gasteiger partial charge < -0.3 is 18.2 Å². The SMILES string of the molecule is C=CN(Cc1ccccc1)C(CC)CCO[Si](OCC)OCC. The van der Waals surface area contributed by atoms with Crippen molar-refractivity contribution in [2.24, 2.45) is 0 Å². The Balaban J connectivity index is 2.48. The smallest absolute Gasteiger partial charge is 0.371 e. The lowest BCUT2D eigenvalue weighted by atomic mass is 10.1. The van der Waals surface area contributed by atoms with E-state index >= 15 is 0 Å². The Hall–Kier alpha value is -1.14. The molecule has 1 radical (unpaired) electrons. The number of rotatable bonds is 13. The Kier molecular flexibility index (Phi) is 10.6. The van der Waals surface area contributed by atoms with E-state index in [4.69, 9.17) is 13.3 Å². The second-order valence-electron chi connectivity index (χ2n) is 5.16. The molecular formula is C18H30NO3Si. The summed E-state index contributed by atoms with van der Waals surface area (Å²) in [5, 5.41) is 0. The zero-order valence-corrected chi connectivity index (χ0v) is 15.7. The second kappa shape index (κ2) is 12.3. The Morgan fingerprint density at radius 1 is 1.09 bits per heavy atom. The van der Waals surface area contributed by atoms with E-state index in [2.05, 4.69) is 42.7 Å². The van der Waals surface area contributed by atoms with Crippen LogP contribution in [-0.2, 0) is 19.8 Å². The molecule has 0 aromatic heterocycles. The highest BCUT2D eigenvalue weighted by Gasteiger charge is 2.19. The van der Waals surface area contributed by atoms with Gasteiger partial charge in [0.1, 0.15) is 0 Å². The van der Waals surface area contributed by atoms with E-state index in [-0.39, 0.29) is 0 Å². The van der Waals surface area contributed by atoms with Crippen LogP contribution in [-0.4, -0.2) is 40.3 Å². The van der Waals surface area contributed by atoms with Crippen molar-refractivity contribution in [1.29, 1.82) is 0 Å². The topological polar surface area (TPSA) is 30.9 Å². The van der Waals surface area contributed by atoms with Crippen LogP contribution in [0.2, 0.25) is 0 Å². The van der Waals surface area contributed by atoms with Crippen molar-refractivity contribution >= 4 is 9.53 Å². The number of hydrogen-bond acceptors (Lipinski definition) is 4. The van der Waals surface area contributed by atoms with Gasteiger partial charge in [-0.05, 0) is 38.5 Å². The summed E-state index contributed by atoms with van der Waals surface area (Å²) in [5.74, 6) is 0. The van der Waals surface area contributed by atoms with E-state index in [9.17, 15) is 0 Å². The summed E-state index contributed by atoms with van der Waals surface area (Å²) >= 11 is 0. The van der Waals surface area contributed by atoms with E-state index in [1.165, 1.54) is 5.56 Å². The lowest BCUT2D eigenvalue weighted by Gasteiger charge is -2.30. The summed E-state index contributed by atoms with van der Waals surface area (Å²) in [7, 11) is -1.58. The van der Waals surface area contributed by atoms with Crippen molar-refractivity contribution in [2.75, 3.05) is 19.8 Å². The highest BCUT2D eigenvalue weighted by Crippen LogP contribution is 2.14. The molecule has 0 saturated heterocycles. The highest BCUT2D eigenvalue weighted by molar-refractivity contribution is 6.36. The number of hydrogen-bond donors (Lipinski definition) is 0. The minimum absolute atomic E-state index is 0.402. The Morgan fingerprint density at radius 3 is 2.26 bits per heavy atom. The van der Waals surface area contributed by atoms with Gasteiger partial charge in [-0.1, -0.05) is 43.8 Å². The van der Waals surface area contributed by atoms with Crippen molar-refractivity contribution < 1.29 is 13.3 Å². The summed E-state index contributed by atoms with van der Waals surface area (Å²) < 4.78 is 16.8. The van der Waals surface area contributed by atoms with Crippen LogP contribution in [0.5, 0.6) is 0 Å². The molecule has 0 aliphatic carbocycles. The maximum absolute atomic E-state index is 5.80. The zero-order chi connectivity index (χ0) is 16.9. The van der Waals surface area contributed by atoms with E-state index in [1.54, 1.807) is 0 Å². The van der Waals surface area contributed by atoms with Crippen LogP contribution in [0.4, 0.5) is 0 Å². The Morgan fingerprint density at radius 2 is 1.74 bits per heavy atom. The first-order valence-electron chi connectivity index (χ1n) is 8.42. The van der Waals surface area contributed by atoms with Gasteiger partial charge in [-0.15, -0.1) is 0 Å². The molecule has 0 fully saturated rings. The molecule has 1 aromatic rings. The average Bonchev–Trinajstić information content (AvgIpc) is 2.58. The van der Waals surface area contributed by atoms with Gasteiger partial charge in [0.05, 0.1) is 0 Å². The fourth-order valence-corrected chi connectivity index (χ4v) is 3.39. The highest BCUT2D eigenvalue weighted by atomic mass is 28.3. The molecule has 1 unspecified atom stereocenters. The summed E-state index contributed by atoms with van der Waals surface area (Å²) in [4.78, 5) is 2.28. The Labute approximate surface area is 143 Å². The molecule has 0 heterocycles. The standard InChI is InChI=1S/C18H30NO3Si/c1-5-18(14-15-22-23(20-7-3)21-8-4)19(6-2)16-17-12-10-9-11-13-17/h6,9-13,18H,2,5,7-8,14-16H2,1,3-4H3. The molecule has 0 saturated carbocycles. The fraction of sp³-hybridized carbons (Fsp3) is 0.556. The molecule has 0 spiro atoms. The number of benzene rings is 1. The van der Waals surface area contributed by atoms with Crippen molar-refractivity contribution in [1.82, 2.24) is 4.90 Å². The normalized spacial score (nSPS) is 12.3. The van der Waals surface area contributed by atoms with E-state index < -0.39 is 9.53 Å². The van der Waals surface area contributed by atoms with Gasteiger partial charge in [0, 0.05) is 32.4 Å². The van der Waals surface area contributed by atoms with Crippen LogP contribution in [0, 0.1) is 0 Å². The van der Waals surface area contributed by atoms with E-state index in [1.807, 2.05) is 26.1 Å². The molecule has 0 aliphatic rings. The summed E-state index contributed by atoms with van der Waals surface area (Å²) in [6.45, 7) is 12.9. The van der Waals surface area contributed by atoms with Gasteiger partial charge in [0.25, 0.3) is 0 Å². The second-order valence-corrected chi connectivity index (χ2v) is 6.52. The molecule has 0 N–H and O–H groups in total. The first-order valence-corrected chi connectivity index (χ1v) is 9.65.